The first-order chi connectivity index (χ1) is 40.4. The summed E-state index contributed by atoms with van der Waals surface area (Å²) in [7, 11) is -2.99. The van der Waals surface area contributed by atoms with Gasteiger partial charge in [-0.1, -0.05) is 218 Å². The van der Waals surface area contributed by atoms with Crippen LogP contribution in [0.3, 0.4) is 0 Å². The molecule has 0 aliphatic carbocycles. The minimum Gasteiger partial charge on any atom is -0.309 e. The minimum absolute atomic E-state index is 0.374. The van der Waals surface area contributed by atoms with E-state index in [1.165, 1.54) is 20.7 Å². The van der Waals surface area contributed by atoms with Gasteiger partial charge in [0.2, 0.25) is 0 Å². The van der Waals surface area contributed by atoms with Crippen LogP contribution in [0.25, 0.3) is 99.9 Å². The number of rotatable bonds is 11. The van der Waals surface area contributed by atoms with Gasteiger partial charge in [0.1, 0.15) is 0 Å². The van der Waals surface area contributed by atoms with Crippen LogP contribution < -0.4 is 20.7 Å². The second kappa shape index (κ2) is 21.3. The van der Waals surface area contributed by atoms with Crippen molar-refractivity contribution in [1.82, 2.24) is 19.5 Å². The van der Waals surface area contributed by atoms with Gasteiger partial charge in [-0.05, 0) is 103 Å². The predicted octanol–water partition coefficient (Wildman–Crippen LogP) is 14.5. The first-order valence-corrected chi connectivity index (χ1v) is 28.7. The fourth-order valence-corrected chi connectivity index (χ4v) is 16.3. The van der Waals surface area contributed by atoms with Gasteiger partial charge in [-0.2, -0.15) is 15.8 Å². The highest BCUT2D eigenvalue weighted by molar-refractivity contribution is 7.19. The Morgan fingerprint density at radius 2 is 0.805 bits per heavy atom. The van der Waals surface area contributed by atoms with Crippen LogP contribution in [0.1, 0.15) is 16.7 Å². The topological polar surface area (TPSA) is 119 Å². The van der Waals surface area contributed by atoms with Crippen molar-refractivity contribution < 1.29 is 0 Å². The number of benzene rings is 11. The van der Waals surface area contributed by atoms with Gasteiger partial charge in [0.05, 0.1) is 46.9 Å². The molecule has 0 spiro atoms. The van der Waals surface area contributed by atoms with Crippen LogP contribution in [0.4, 0.5) is 5.69 Å². The summed E-state index contributed by atoms with van der Waals surface area (Å²) >= 11 is 0. The lowest BCUT2D eigenvalue weighted by molar-refractivity contribution is 1.07. The summed E-state index contributed by atoms with van der Waals surface area (Å²) in [6, 6.07) is 97.7. The maximum absolute atomic E-state index is 10.4. The Morgan fingerprint density at radius 3 is 1.33 bits per heavy atom. The van der Waals surface area contributed by atoms with E-state index in [4.69, 9.17) is 21.5 Å². The molecular weight excluding hydrogens is 1020 g/mol. The van der Waals surface area contributed by atoms with Crippen molar-refractivity contribution in [3.63, 3.8) is 0 Å². The van der Waals surface area contributed by atoms with E-state index in [1.54, 1.807) is 24.3 Å². The number of hydrogen-bond donors (Lipinski definition) is 0. The van der Waals surface area contributed by atoms with Crippen molar-refractivity contribution in [1.29, 1.82) is 15.8 Å². The van der Waals surface area contributed by atoms with Gasteiger partial charge < -0.3 is 4.57 Å². The molecule has 13 aromatic rings. The first-order valence-electron chi connectivity index (χ1n) is 26.7. The zero-order valence-corrected chi connectivity index (χ0v) is 45.0. The molecule has 0 saturated heterocycles. The molecule has 13 rings (SSSR count). The Hall–Kier alpha value is -11.6. The Kier molecular flexibility index (Phi) is 13.0. The zero-order valence-electron chi connectivity index (χ0n) is 44.0. The molecule has 0 saturated carbocycles. The molecule has 0 aliphatic heterocycles. The fourth-order valence-electron chi connectivity index (χ4n) is 11.5. The molecule has 380 valence electrons. The van der Waals surface area contributed by atoms with E-state index in [1.807, 2.05) is 84.9 Å². The van der Waals surface area contributed by atoms with E-state index >= 15 is 0 Å². The molecule has 2 aromatic heterocycles. The monoisotopic (exact) mass is 1060 g/mol. The van der Waals surface area contributed by atoms with Crippen molar-refractivity contribution in [2.24, 2.45) is 0 Å². The van der Waals surface area contributed by atoms with Gasteiger partial charge in [-0.3, -0.25) is 0 Å². The molecule has 0 unspecified atom stereocenters. The third-order valence-corrected chi connectivity index (χ3v) is 20.1. The van der Waals surface area contributed by atoms with E-state index < -0.39 is 8.07 Å². The van der Waals surface area contributed by atoms with E-state index in [0.717, 1.165) is 66.4 Å². The highest BCUT2D eigenvalue weighted by atomic mass is 28.3. The largest absolute Gasteiger partial charge is 0.309 e. The lowest BCUT2D eigenvalue weighted by atomic mass is 9.97. The summed E-state index contributed by atoms with van der Waals surface area (Å²) in [4.78, 5) is 19.8. The summed E-state index contributed by atoms with van der Waals surface area (Å²) in [6.45, 7) is 8.17. The van der Waals surface area contributed by atoms with E-state index in [-0.39, 0.29) is 0 Å². The van der Waals surface area contributed by atoms with Gasteiger partial charge in [-0.25, -0.2) is 19.8 Å². The number of nitrogens with zero attached hydrogens (tertiary/aromatic N) is 8. The zero-order chi connectivity index (χ0) is 55.6. The third-order valence-electron chi connectivity index (χ3n) is 15.3. The first kappa shape index (κ1) is 49.9. The third kappa shape index (κ3) is 8.85. The van der Waals surface area contributed by atoms with Gasteiger partial charge >= 0.3 is 0 Å². The van der Waals surface area contributed by atoms with Gasteiger partial charge in [0, 0.05) is 38.7 Å². The highest BCUT2D eigenvalue weighted by Crippen LogP contribution is 2.42. The van der Waals surface area contributed by atoms with Crippen LogP contribution in [-0.4, -0.2) is 27.6 Å². The van der Waals surface area contributed by atoms with Crippen LogP contribution in [0, 0.1) is 40.6 Å². The van der Waals surface area contributed by atoms with Gasteiger partial charge in [0.15, 0.2) is 31.2 Å². The lowest BCUT2D eigenvalue weighted by Crippen LogP contribution is -2.74. The molecule has 82 heavy (non-hydrogen) atoms. The Balaban J connectivity index is 1.12. The van der Waals surface area contributed by atoms with Crippen molar-refractivity contribution in [3.05, 3.63) is 295 Å². The molecule has 0 fully saturated rings. The van der Waals surface area contributed by atoms with Crippen LogP contribution in [0.5, 0.6) is 0 Å². The van der Waals surface area contributed by atoms with Gasteiger partial charge in [-0.15, -0.1) is 0 Å². The molecule has 0 atom stereocenters. The molecular formula is C73H44N8Si. The van der Waals surface area contributed by atoms with Gasteiger partial charge in [0.25, 0.3) is 0 Å². The molecule has 0 radical (unpaired) electrons. The Morgan fingerprint density at radius 1 is 0.354 bits per heavy atom. The van der Waals surface area contributed by atoms with Crippen LogP contribution in [0.15, 0.2) is 267 Å². The van der Waals surface area contributed by atoms with Crippen molar-refractivity contribution in [2.45, 2.75) is 0 Å². The molecule has 2 heterocycles. The average molecular weight is 1060 g/mol. The maximum atomic E-state index is 10.4. The molecule has 8 nitrogen and oxygen atoms in total. The summed E-state index contributed by atoms with van der Waals surface area (Å²) in [5, 5.41) is 36.9. The highest BCUT2D eigenvalue weighted by Gasteiger charge is 2.41. The quantitative estimate of drug-likeness (QED) is 0.0723. The lowest BCUT2D eigenvalue weighted by Gasteiger charge is -2.34. The standard InChI is InChI=1S/C73H44N8Si/c1-77-68-41-50(47-75)31-36-64(68)55-33-38-66-65-37-32-54(62-35-30-49(46-74)40-56(62)48-76)43-69(65)81(70(66)44-55)57-34-39-63(67(45-57)73-79-71(51-18-7-2-8-19-51)78-72(80-73)52-20-9-3-10-21-52)53-22-17-29-61(42-53)82(58-23-11-4-12-24-58,59-25-13-5-14-26-59)60-27-15-6-16-28-60/h2-45H. The normalized spacial score (nSPS) is 11.1. The summed E-state index contributed by atoms with van der Waals surface area (Å²) in [5.74, 6) is 1.53. The molecule has 0 bridgehead atoms. The fraction of sp³-hybridized carbons (Fsp3) is 0. The Labute approximate surface area is 475 Å². The number of aromatic nitrogens is 4. The summed E-state index contributed by atoms with van der Waals surface area (Å²) in [5.41, 5.74) is 11.4. The second-order valence-electron chi connectivity index (χ2n) is 19.9. The van der Waals surface area contributed by atoms with Crippen LogP contribution >= 0.6 is 0 Å². The molecule has 0 aliphatic rings. The number of fused-ring (bicyclic) bond motifs is 3. The predicted molar refractivity (Wildman–Crippen MR) is 331 cm³/mol. The average Bonchev–Trinajstić information content (AvgIpc) is 3.93. The minimum atomic E-state index is -2.99. The Bertz CT molecular complexity index is 4500. The molecule has 11 aromatic carbocycles. The summed E-state index contributed by atoms with van der Waals surface area (Å²) in [6.07, 6.45) is 0. The van der Waals surface area contributed by atoms with E-state index in [0.29, 0.717) is 51.0 Å². The van der Waals surface area contributed by atoms with Crippen molar-refractivity contribution >= 4 is 56.3 Å². The van der Waals surface area contributed by atoms with Crippen LogP contribution in [0.2, 0.25) is 0 Å². The van der Waals surface area contributed by atoms with E-state index in [2.05, 4.69) is 185 Å². The van der Waals surface area contributed by atoms with Crippen molar-refractivity contribution in [2.75, 3.05) is 0 Å². The molecule has 9 heteroatoms. The van der Waals surface area contributed by atoms with E-state index in [9.17, 15) is 15.8 Å². The smallest absolute Gasteiger partial charge is 0.196 e. The maximum Gasteiger partial charge on any atom is 0.196 e. The molecule has 0 N–H and O–H groups in total. The number of nitriles is 3. The molecule has 0 amide bonds. The summed E-state index contributed by atoms with van der Waals surface area (Å²) < 4.78 is 2.23. The van der Waals surface area contributed by atoms with Crippen LogP contribution in [-0.2, 0) is 0 Å². The number of hydrogen-bond acceptors (Lipinski definition) is 6. The SMILES string of the molecule is [C-]#[N+]c1cc(C#N)ccc1-c1ccc2c3ccc(-c4ccc(C#N)cc4C#N)cc3n(-c3ccc(-c4cccc([Si](c5ccccc5)(c5ccccc5)c5ccccc5)c4)c(-c4nc(-c5ccccc5)nc(-c5ccccc5)n4)c3)c2c1. The second-order valence-corrected chi connectivity index (χ2v) is 23.7. The van der Waals surface area contributed by atoms with Crippen molar-refractivity contribution in [3.8, 4) is 91.4 Å².